The molecule has 6 heteroatoms. The van der Waals surface area contributed by atoms with E-state index in [2.05, 4.69) is 12.2 Å². The second-order valence-corrected chi connectivity index (χ2v) is 5.54. The third kappa shape index (κ3) is 3.06. The first kappa shape index (κ1) is 14.3. The molecular weight excluding hydrogens is 248 g/mol. The van der Waals surface area contributed by atoms with Crippen LogP contribution < -0.4 is 5.32 Å². The summed E-state index contributed by atoms with van der Waals surface area (Å²) in [7, 11) is 0. The van der Waals surface area contributed by atoms with E-state index in [-0.39, 0.29) is 24.9 Å². The van der Waals surface area contributed by atoms with Crippen LogP contribution in [0.3, 0.4) is 0 Å². The van der Waals surface area contributed by atoms with Crippen molar-refractivity contribution in [3.8, 4) is 0 Å². The van der Waals surface area contributed by atoms with E-state index in [4.69, 9.17) is 5.11 Å². The summed E-state index contributed by atoms with van der Waals surface area (Å²) in [5.74, 6) is -0.694. The zero-order chi connectivity index (χ0) is 14.0. The highest BCUT2D eigenvalue weighted by atomic mass is 16.4. The van der Waals surface area contributed by atoms with Gasteiger partial charge in [0.2, 0.25) is 5.91 Å². The highest BCUT2D eigenvalue weighted by Crippen LogP contribution is 2.24. The van der Waals surface area contributed by atoms with Crippen LogP contribution in [0.2, 0.25) is 0 Å². The van der Waals surface area contributed by atoms with Crippen LogP contribution in [0, 0.1) is 5.92 Å². The number of carboxylic acid groups (broad SMARTS) is 1. The minimum atomic E-state index is -1.03. The number of nitrogens with zero attached hydrogens (tertiary/aromatic N) is 1. The van der Waals surface area contributed by atoms with Gasteiger partial charge in [-0.05, 0) is 25.3 Å². The summed E-state index contributed by atoms with van der Waals surface area (Å²) < 4.78 is 0. The summed E-state index contributed by atoms with van der Waals surface area (Å²) in [6.07, 6.45) is 2.26. The van der Waals surface area contributed by atoms with Crippen LogP contribution in [0.1, 0.15) is 32.6 Å². The average Bonchev–Trinajstić information content (AvgIpc) is 2.80. The van der Waals surface area contributed by atoms with Crippen molar-refractivity contribution in [3.63, 3.8) is 0 Å². The lowest BCUT2D eigenvalue weighted by Crippen LogP contribution is -2.53. The van der Waals surface area contributed by atoms with Crippen molar-refractivity contribution in [1.29, 1.82) is 0 Å². The molecule has 0 bridgehead atoms. The third-order valence-electron chi connectivity index (χ3n) is 4.23. The molecule has 2 unspecified atom stereocenters. The predicted molar refractivity (Wildman–Crippen MR) is 68.6 cm³/mol. The molecule has 2 rings (SSSR count). The van der Waals surface area contributed by atoms with E-state index in [1.54, 1.807) is 0 Å². The Morgan fingerprint density at radius 2 is 2.11 bits per heavy atom. The van der Waals surface area contributed by atoms with E-state index in [1.807, 2.05) is 0 Å². The number of aliphatic carboxylic acids is 1. The third-order valence-corrected chi connectivity index (χ3v) is 4.23. The molecule has 6 nitrogen and oxygen atoms in total. The van der Waals surface area contributed by atoms with E-state index in [9.17, 15) is 14.7 Å². The lowest BCUT2D eigenvalue weighted by atomic mass is 9.90. The molecular formula is C13H22N2O4. The van der Waals surface area contributed by atoms with Gasteiger partial charge in [0, 0.05) is 13.0 Å². The maximum atomic E-state index is 12.4. The summed E-state index contributed by atoms with van der Waals surface area (Å²) >= 11 is 0. The Bertz CT molecular complexity index is 361. The highest BCUT2D eigenvalue weighted by molar-refractivity contribution is 5.87. The molecule has 0 aromatic rings. The van der Waals surface area contributed by atoms with Gasteiger partial charge in [-0.2, -0.15) is 0 Å². The summed E-state index contributed by atoms with van der Waals surface area (Å²) in [5.41, 5.74) is 0. The molecule has 2 heterocycles. The Hall–Kier alpha value is -1.14. The number of carbonyl (C=O) groups is 2. The minimum Gasteiger partial charge on any atom is -0.480 e. The Labute approximate surface area is 112 Å². The van der Waals surface area contributed by atoms with Crippen molar-refractivity contribution >= 4 is 11.9 Å². The number of hydrogen-bond donors (Lipinski definition) is 3. The van der Waals surface area contributed by atoms with Gasteiger partial charge in [-0.15, -0.1) is 0 Å². The standard InChI is InChI=1S/C13H22N2O4/c1-2-8-3-4-14-10(5-8)12(17)15-7-9(16)6-11(15)13(18)19/h8-11,14,16H,2-7H2,1H3,(H,18,19)/t8?,9-,10?,11-/m1/s1. The second-order valence-electron chi connectivity index (χ2n) is 5.54. The van der Waals surface area contributed by atoms with Crippen molar-refractivity contribution in [1.82, 2.24) is 10.2 Å². The number of aliphatic hydroxyl groups is 1. The van der Waals surface area contributed by atoms with Crippen molar-refractivity contribution in [3.05, 3.63) is 0 Å². The van der Waals surface area contributed by atoms with Crippen molar-refractivity contribution in [2.45, 2.75) is 50.8 Å². The van der Waals surface area contributed by atoms with E-state index >= 15 is 0 Å². The molecule has 4 atom stereocenters. The number of aliphatic hydroxyl groups excluding tert-OH is 1. The fraction of sp³-hybridized carbons (Fsp3) is 0.846. The fourth-order valence-electron chi connectivity index (χ4n) is 3.05. The molecule has 3 N–H and O–H groups in total. The lowest BCUT2D eigenvalue weighted by Gasteiger charge is -2.33. The molecule has 0 aromatic carbocycles. The van der Waals surface area contributed by atoms with E-state index in [0.29, 0.717) is 5.92 Å². The average molecular weight is 270 g/mol. The van der Waals surface area contributed by atoms with Gasteiger partial charge < -0.3 is 20.4 Å². The van der Waals surface area contributed by atoms with Crippen LogP contribution in [0.5, 0.6) is 0 Å². The van der Waals surface area contributed by atoms with Gasteiger partial charge in [0.1, 0.15) is 6.04 Å². The molecule has 0 radical (unpaired) electrons. The number of amides is 1. The molecule has 1 amide bonds. The van der Waals surface area contributed by atoms with Gasteiger partial charge in [0.15, 0.2) is 0 Å². The molecule has 0 saturated carbocycles. The van der Waals surface area contributed by atoms with Crippen LogP contribution in [0.4, 0.5) is 0 Å². The number of hydrogen-bond acceptors (Lipinski definition) is 4. The number of likely N-dealkylation sites (tertiary alicyclic amines) is 1. The predicted octanol–water partition coefficient (Wildman–Crippen LogP) is -0.189. The normalized spacial score (nSPS) is 35.4. The molecule has 2 aliphatic heterocycles. The Morgan fingerprint density at radius 3 is 2.74 bits per heavy atom. The van der Waals surface area contributed by atoms with Gasteiger partial charge in [0.25, 0.3) is 0 Å². The van der Waals surface area contributed by atoms with Crippen LogP contribution in [-0.2, 0) is 9.59 Å². The summed E-state index contributed by atoms with van der Waals surface area (Å²) in [5, 5.41) is 21.9. The van der Waals surface area contributed by atoms with Crippen LogP contribution in [0.25, 0.3) is 0 Å². The minimum absolute atomic E-state index is 0.130. The monoisotopic (exact) mass is 270 g/mol. The van der Waals surface area contributed by atoms with Crippen molar-refractivity contribution < 1.29 is 19.8 Å². The van der Waals surface area contributed by atoms with Crippen LogP contribution in [0.15, 0.2) is 0 Å². The number of rotatable bonds is 3. The lowest BCUT2D eigenvalue weighted by molar-refractivity contribution is -0.149. The van der Waals surface area contributed by atoms with E-state index in [0.717, 1.165) is 25.8 Å². The molecule has 2 aliphatic rings. The van der Waals surface area contributed by atoms with Crippen molar-refractivity contribution in [2.75, 3.05) is 13.1 Å². The topological polar surface area (TPSA) is 89.9 Å². The first-order valence-corrected chi connectivity index (χ1v) is 6.97. The number of piperidine rings is 1. The smallest absolute Gasteiger partial charge is 0.326 e. The molecule has 0 aromatic heterocycles. The number of carbonyl (C=O) groups excluding carboxylic acids is 1. The summed E-state index contributed by atoms with van der Waals surface area (Å²) in [6, 6.07) is -1.18. The Kier molecular flexibility index (Phi) is 4.42. The van der Waals surface area contributed by atoms with E-state index in [1.165, 1.54) is 4.90 Å². The number of nitrogens with one attached hydrogen (secondary N) is 1. The van der Waals surface area contributed by atoms with Gasteiger partial charge in [-0.1, -0.05) is 13.3 Å². The molecule has 2 fully saturated rings. The maximum Gasteiger partial charge on any atom is 0.326 e. The molecule has 19 heavy (non-hydrogen) atoms. The number of β-amino-alcohol motifs (C(OH)–C–C–N with tert-alkyl or cyclic N) is 1. The van der Waals surface area contributed by atoms with Gasteiger partial charge in [-0.3, -0.25) is 4.79 Å². The first-order valence-electron chi connectivity index (χ1n) is 6.97. The summed E-state index contributed by atoms with van der Waals surface area (Å²) in [4.78, 5) is 24.9. The van der Waals surface area contributed by atoms with Gasteiger partial charge in [-0.25, -0.2) is 4.79 Å². The maximum absolute atomic E-state index is 12.4. The fourth-order valence-corrected chi connectivity index (χ4v) is 3.05. The van der Waals surface area contributed by atoms with E-state index < -0.39 is 18.1 Å². The van der Waals surface area contributed by atoms with Crippen LogP contribution >= 0.6 is 0 Å². The largest absolute Gasteiger partial charge is 0.480 e. The van der Waals surface area contributed by atoms with Gasteiger partial charge >= 0.3 is 5.97 Å². The molecule has 108 valence electrons. The second kappa shape index (κ2) is 5.88. The molecule has 0 spiro atoms. The Balaban J connectivity index is 2.03. The van der Waals surface area contributed by atoms with Crippen molar-refractivity contribution in [2.24, 2.45) is 5.92 Å². The van der Waals surface area contributed by atoms with Gasteiger partial charge in [0.05, 0.1) is 12.1 Å². The molecule has 2 saturated heterocycles. The zero-order valence-electron chi connectivity index (χ0n) is 11.2. The Morgan fingerprint density at radius 1 is 1.37 bits per heavy atom. The zero-order valence-corrected chi connectivity index (χ0v) is 11.2. The number of carboxylic acids is 1. The summed E-state index contributed by atoms with van der Waals surface area (Å²) in [6.45, 7) is 3.03. The quantitative estimate of drug-likeness (QED) is 0.661. The highest BCUT2D eigenvalue weighted by Gasteiger charge is 2.41. The molecule has 0 aliphatic carbocycles. The first-order chi connectivity index (χ1) is 9.02. The SMILES string of the molecule is CCC1CCNC(C(=O)N2C[C@H](O)C[C@@H]2C(=O)O)C1. The van der Waals surface area contributed by atoms with Crippen LogP contribution in [-0.4, -0.2) is 58.3 Å².